The largest absolute Gasteiger partial charge is 0.481 e. The third-order valence-corrected chi connectivity index (χ3v) is 3.59. The summed E-state index contributed by atoms with van der Waals surface area (Å²) in [7, 11) is 2.88. The van der Waals surface area contributed by atoms with Crippen molar-refractivity contribution in [3.8, 4) is 0 Å². The SMILES string of the molecule is COC(OC)(c1ccc2ccncc2c1)C(C)C(=O)O. The maximum absolute atomic E-state index is 11.3. The molecule has 1 unspecified atom stereocenters. The Bertz CT molecular complexity index is 622. The second kappa shape index (κ2) is 5.56. The van der Waals surface area contributed by atoms with Gasteiger partial charge >= 0.3 is 5.97 Å². The van der Waals surface area contributed by atoms with Gasteiger partial charge in [0.2, 0.25) is 5.79 Å². The fourth-order valence-corrected chi connectivity index (χ4v) is 2.39. The van der Waals surface area contributed by atoms with E-state index in [0.717, 1.165) is 10.8 Å². The number of carbonyl (C=O) groups is 1. The van der Waals surface area contributed by atoms with Crippen LogP contribution >= 0.6 is 0 Å². The number of rotatable bonds is 5. The van der Waals surface area contributed by atoms with Gasteiger partial charge in [-0.25, -0.2) is 0 Å². The molecule has 1 aromatic heterocycles. The molecule has 0 aliphatic heterocycles. The van der Waals surface area contributed by atoms with Crippen molar-refractivity contribution in [2.45, 2.75) is 12.7 Å². The van der Waals surface area contributed by atoms with Gasteiger partial charge in [0, 0.05) is 37.6 Å². The number of fused-ring (bicyclic) bond motifs is 1. The molecule has 0 aliphatic rings. The number of carboxylic acid groups (broad SMARTS) is 1. The maximum Gasteiger partial charge on any atom is 0.312 e. The van der Waals surface area contributed by atoms with Crippen molar-refractivity contribution in [1.29, 1.82) is 0 Å². The third kappa shape index (κ3) is 2.26. The summed E-state index contributed by atoms with van der Waals surface area (Å²) in [5.74, 6) is -3.16. The van der Waals surface area contributed by atoms with E-state index in [4.69, 9.17) is 9.47 Å². The minimum absolute atomic E-state index is 0.651. The van der Waals surface area contributed by atoms with Crippen molar-refractivity contribution >= 4 is 16.7 Å². The summed E-state index contributed by atoms with van der Waals surface area (Å²) in [5, 5.41) is 11.2. The van der Waals surface area contributed by atoms with Crippen LogP contribution in [-0.2, 0) is 20.1 Å². The van der Waals surface area contributed by atoms with E-state index in [9.17, 15) is 9.90 Å². The van der Waals surface area contributed by atoms with Crippen LogP contribution in [0.5, 0.6) is 0 Å². The van der Waals surface area contributed by atoms with E-state index in [1.807, 2.05) is 24.3 Å². The van der Waals surface area contributed by atoms with E-state index in [1.54, 1.807) is 19.3 Å². The number of nitrogens with zero attached hydrogens (tertiary/aromatic N) is 1. The second-order valence-electron chi connectivity index (χ2n) is 4.57. The highest BCUT2D eigenvalue weighted by molar-refractivity contribution is 5.82. The standard InChI is InChI=1S/C15H17NO4/c1-10(14(17)18)15(19-2,20-3)13-5-4-11-6-7-16-9-12(11)8-13/h4-10H,1-3H3,(H,17,18). The Labute approximate surface area is 117 Å². The summed E-state index contributed by atoms with van der Waals surface area (Å²) in [6.07, 6.45) is 3.43. The summed E-state index contributed by atoms with van der Waals surface area (Å²) >= 11 is 0. The number of ether oxygens (including phenoxy) is 2. The first-order valence-electron chi connectivity index (χ1n) is 6.22. The van der Waals surface area contributed by atoms with Crippen LogP contribution in [0.25, 0.3) is 10.8 Å². The van der Waals surface area contributed by atoms with Gasteiger partial charge in [0.1, 0.15) is 5.92 Å². The molecule has 5 nitrogen and oxygen atoms in total. The van der Waals surface area contributed by atoms with Crippen LogP contribution in [0.2, 0.25) is 0 Å². The molecule has 5 heteroatoms. The molecule has 0 saturated carbocycles. The molecule has 106 valence electrons. The zero-order chi connectivity index (χ0) is 14.8. The van der Waals surface area contributed by atoms with E-state index in [-0.39, 0.29) is 0 Å². The molecule has 2 aromatic rings. The highest BCUT2D eigenvalue weighted by atomic mass is 16.7. The molecule has 0 amide bonds. The lowest BCUT2D eigenvalue weighted by Crippen LogP contribution is -2.41. The van der Waals surface area contributed by atoms with Crippen LogP contribution in [0.3, 0.4) is 0 Å². The minimum atomic E-state index is -1.32. The predicted molar refractivity (Wildman–Crippen MR) is 74.2 cm³/mol. The lowest BCUT2D eigenvalue weighted by molar-refractivity contribution is -0.248. The number of hydrogen-bond acceptors (Lipinski definition) is 4. The summed E-state index contributed by atoms with van der Waals surface area (Å²) in [4.78, 5) is 15.4. The molecule has 1 atom stereocenters. The highest BCUT2D eigenvalue weighted by Crippen LogP contribution is 2.35. The van der Waals surface area contributed by atoms with Crippen molar-refractivity contribution in [3.63, 3.8) is 0 Å². The average Bonchev–Trinajstić information content (AvgIpc) is 2.48. The van der Waals surface area contributed by atoms with Gasteiger partial charge in [-0.05, 0) is 24.4 Å². The lowest BCUT2D eigenvalue weighted by atomic mass is 9.91. The number of aliphatic carboxylic acids is 1. The molecule has 0 saturated heterocycles. The second-order valence-corrected chi connectivity index (χ2v) is 4.57. The number of benzene rings is 1. The zero-order valence-electron chi connectivity index (χ0n) is 11.7. The number of carboxylic acids is 1. The van der Waals surface area contributed by atoms with E-state index >= 15 is 0 Å². The Hall–Kier alpha value is -1.98. The van der Waals surface area contributed by atoms with Crippen molar-refractivity contribution in [2.24, 2.45) is 5.92 Å². The predicted octanol–water partition coefficient (Wildman–Crippen LogP) is 2.40. The van der Waals surface area contributed by atoms with Gasteiger partial charge in [0.15, 0.2) is 0 Å². The summed E-state index contributed by atoms with van der Waals surface area (Å²) in [5.41, 5.74) is 0.651. The van der Waals surface area contributed by atoms with Gasteiger partial charge < -0.3 is 14.6 Å². The Morgan fingerprint density at radius 3 is 2.55 bits per heavy atom. The molecular formula is C15H17NO4. The topological polar surface area (TPSA) is 68.7 Å². The van der Waals surface area contributed by atoms with Crippen LogP contribution in [-0.4, -0.2) is 30.3 Å². The fourth-order valence-electron chi connectivity index (χ4n) is 2.39. The molecule has 20 heavy (non-hydrogen) atoms. The van der Waals surface area contributed by atoms with Crippen molar-refractivity contribution < 1.29 is 19.4 Å². The van der Waals surface area contributed by atoms with Crippen LogP contribution < -0.4 is 0 Å². The summed E-state index contributed by atoms with van der Waals surface area (Å²) < 4.78 is 10.8. The highest BCUT2D eigenvalue weighted by Gasteiger charge is 2.43. The summed E-state index contributed by atoms with van der Waals surface area (Å²) in [6, 6.07) is 7.44. The Kier molecular flexibility index (Phi) is 4.01. The van der Waals surface area contributed by atoms with Crippen molar-refractivity contribution in [2.75, 3.05) is 14.2 Å². The van der Waals surface area contributed by atoms with Crippen LogP contribution in [0.4, 0.5) is 0 Å². The lowest BCUT2D eigenvalue weighted by Gasteiger charge is -2.34. The molecule has 1 heterocycles. The molecule has 1 N–H and O–H groups in total. The van der Waals surface area contributed by atoms with Crippen LogP contribution in [0, 0.1) is 5.92 Å². The Morgan fingerprint density at radius 2 is 1.95 bits per heavy atom. The average molecular weight is 275 g/mol. The van der Waals surface area contributed by atoms with Gasteiger partial charge in [-0.15, -0.1) is 0 Å². The number of methoxy groups -OCH3 is 2. The van der Waals surface area contributed by atoms with Gasteiger partial charge in [-0.1, -0.05) is 12.1 Å². The molecule has 0 radical (unpaired) electrons. The monoisotopic (exact) mass is 275 g/mol. The van der Waals surface area contributed by atoms with Gasteiger partial charge in [-0.2, -0.15) is 0 Å². The van der Waals surface area contributed by atoms with E-state index in [0.29, 0.717) is 5.56 Å². The van der Waals surface area contributed by atoms with Crippen molar-refractivity contribution in [3.05, 3.63) is 42.2 Å². The number of aromatic nitrogens is 1. The molecule has 0 fully saturated rings. The molecular weight excluding hydrogens is 258 g/mol. The number of hydrogen-bond donors (Lipinski definition) is 1. The van der Waals surface area contributed by atoms with Crippen molar-refractivity contribution in [1.82, 2.24) is 4.98 Å². The summed E-state index contributed by atoms with van der Waals surface area (Å²) in [6.45, 7) is 1.56. The first-order chi connectivity index (χ1) is 9.55. The molecule has 0 bridgehead atoms. The van der Waals surface area contributed by atoms with E-state index in [2.05, 4.69) is 4.98 Å². The Morgan fingerprint density at radius 1 is 1.25 bits per heavy atom. The Balaban J connectivity index is 2.59. The van der Waals surface area contributed by atoms with Crippen LogP contribution in [0.15, 0.2) is 36.7 Å². The first kappa shape index (κ1) is 14.4. The quantitative estimate of drug-likeness (QED) is 0.849. The molecule has 0 spiro atoms. The smallest absolute Gasteiger partial charge is 0.312 e. The van der Waals surface area contributed by atoms with Gasteiger partial charge in [0.05, 0.1) is 0 Å². The minimum Gasteiger partial charge on any atom is -0.481 e. The molecule has 2 rings (SSSR count). The third-order valence-electron chi connectivity index (χ3n) is 3.59. The van der Waals surface area contributed by atoms with Gasteiger partial charge in [-0.3, -0.25) is 9.78 Å². The molecule has 1 aromatic carbocycles. The zero-order valence-corrected chi connectivity index (χ0v) is 11.7. The van der Waals surface area contributed by atoms with E-state index in [1.165, 1.54) is 14.2 Å². The fraction of sp³-hybridized carbons (Fsp3) is 0.333. The maximum atomic E-state index is 11.3. The number of pyridine rings is 1. The van der Waals surface area contributed by atoms with Gasteiger partial charge in [0.25, 0.3) is 0 Å². The van der Waals surface area contributed by atoms with E-state index < -0.39 is 17.7 Å². The van der Waals surface area contributed by atoms with Crippen LogP contribution in [0.1, 0.15) is 12.5 Å². The normalized spacial score (nSPS) is 13.3. The first-order valence-corrected chi connectivity index (χ1v) is 6.22. The molecule has 0 aliphatic carbocycles.